The van der Waals surface area contributed by atoms with Crippen molar-refractivity contribution in [1.82, 2.24) is 24.5 Å². The van der Waals surface area contributed by atoms with Gasteiger partial charge in [0.15, 0.2) is 17.2 Å². The van der Waals surface area contributed by atoms with Gasteiger partial charge < -0.3 is 9.12 Å². The molecule has 0 spiro atoms. The van der Waals surface area contributed by atoms with Crippen LogP contribution in [0.4, 0.5) is 0 Å². The normalized spacial score (nSPS) is 12.8. The van der Waals surface area contributed by atoms with Crippen LogP contribution < -0.4 is 0 Å². The molecule has 0 aliphatic heterocycles. The van der Waals surface area contributed by atoms with Crippen molar-refractivity contribution in [2.75, 3.05) is 5.75 Å². The topological polar surface area (TPSA) is 79.6 Å². The first kappa shape index (κ1) is 14.0. The van der Waals surface area contributed by atoms with Gasteiger partial charge in [0.25, 0.3) is 5.03 Å². The molecule has 0 aliphatic rings. The van der Waals surface area contributed by atoms with E-state index in [0.717, 1.165) is 16.7 Å². The van der Waals surface area contributed by atoms with E-state index < -0.39 is 11.2 Å². The summed E-state index contributed by atoms with van der Waals surface area (Å²) in [6.45, 7) is 3.83. The molecule has 0 saturated carbocycles. The largest absolute Gasteiger partial charge is 0.610 e. The maximum Gasteiger partial charge on any atom is 0.274 e. The fourth-order valence-corrected chi connectivity index (χ4v) is 2.98. The second-order valence-corrected chi connectivity index (χ2v) is 6.35. The standard InChI is InChI=1S/C14H15N5OS/c1-4-21(20)14-11(15-5-6-16-14)13-18-10-7-9(2)8-17-12(10)19(13)3/h5-8H,4H2,1-3H3. The molecule has 7 heteroatoms. The van der Waals surface area contributed by atoms with Gasteiger partial charge in [-0.25, -0.2) is 19.9 Å². The number of imidazole rings is 1. The van der Waals surface area contributed by atoms with Gasteiger partial charge >= 0.3 is 0 Å². The number of aryl methyl sites for hydroxylation is 2. The van der Waals surface area contributed by atoms with Gasteiger partial charge in [-0.1, -0.05) is 0 Å². The maximum absolute atomic E-state index is 12.1. The molecule has 0 fully saturated rings. The minimum Gasteiger partial charge on any atom is -0.610 e. The second kappa shape index (κ2) is 5.42. The van der Waals surface area contributed by atoms with E-state index in [0.29, 0.717) is 22.3 Å². The Hall–Kier alpha value is -1.99. The van der Waals surface area contributed by atoms with Crippen LogP contribution in [-0.2, 0) is 18.2 Å². The minimum absolute atomic E-state index is 0.468. The number of hydrogen-bond donors (Lipinski definition) is 0. The van der Waals surface area contributed by atoms with Crippen LogP contribution in [0.1, 0.15) is 12.5 Å². The highest BCUT2D eigenvalue weighted by molar-refractivity contribution is 7.91. The Kier molecular flexibility index (Phi) is 3.60. The molecule has 108 valence electrons. The predicted octanol–water partition coefficient (Wildman–Crippen LogP) is 1.86. The maximum atomic E-state index is 12.1. The van der Waals surface area contributed by atoms with Gasteiger partial charge in [-0.2, -0.15) is 0 Å². The first-order valence-electron chi connectivity index (χ1n) is 6.60. The Bertz CT molecular complexity index is 801. The average Bonchev–Trinajstić information content (AvgIpc) is 2.82. The van der Waals surface area contributed by atoms with E-state index in [2.05, 4.69) is 19.9 Å². The number of hydrogen-bond acceptors (Lipinski definition) is 5. The van der Waals surface area contributed by atoms with E-state index in [-0.39, 0.29) is 0 Å². The Morgan fingerprint density at radius 3 is 2.76 bits per heavy atom. The van der Waals surface area contributed by atoms with Crippen molar-refractivity contribution in [2.45, 2.75) is 18.9 Å². The first-order chi connectivity index (χ1) is 10.1. The summed E-state index contributed by atoms with van der Waals surface area (Å²) in [5.74, 6) is 1.13. The highest BCUT2D eigenvalue weighted by Crippen LogP contribution is 2.26. The second-order valence-electron chi connectivity index (χ2n) is 4.69. The zero-order chi connectivity index (χ0) is 15.0. The number of nitrogens with zero attached hydrogens (tertiary/aromatic N) is 5. The van der Waals surface area contributed by atoms with Crippen molar-refractivity contribution >= 4 is 22.3 Å². The lowest BCUT2D eigenvalue weighted by atomic mass is 10.3. The van der Waals surface area contributed by atoms with Gasteiger partial charge in [-0.15, -0.1) is 0 Å². The molecule has 1 atom stereocenters. The molecule has 0 N–H and O–H groups in total. The fourth-order valence-electron chi connectivity index (χ4n) is 2.17. The first-order valence-corrected chi connectivity index (χ1v) is 7.92. The van der Waals surface area contributed by atoms with Crippen LogP contribution in [0.2, 0.25) is 0 Å². The zero-order valence-electron chi connectivity index (χ0n) is 12.1. The minimum atomic E-state index is -1.18. The molecule has 3 aromatic heterocycles. The molecule has 1 unspecified atom stereocenters. The van der Waals surface area contributed by atoms with Gasteiger partial charge in [0, 0.05) is 30.6 Å². The highest BCUT2D eigenvalue weighted by atomic mass is 32.2. The summed E-state index contributed by atoms with van der Waals surface area (Å²) in [5.41, 5.74) is 3.17. The molecule has 0 aromatic carbocycles. The molecule has 0 aliphatic carbocycles. The van der Waals surface area contributed by atoms with E-state index in [4.69, 9.17) is 0 Å². The predicted molar refractivity (Wildman–Crippen MR) is 81.2 cm³/mol. The Morgan fingerprint density at radius 2 is 2.00 bits per heavy atom. The third-order valence-electron chi connectivity index (χ3n) is 3.20. The quantitative estimate of drug-likeness (QED) is 0.690. The molecular formula is C14H15N5OS. The number of rotatable bonds is 3. The van der Waals surface area contributed by atoms with Crippen molar-refractivity contribution in [1.29, 1.82) is 0 Å². The van der Waals surface area contributed by atoms with Gasteiger partial charge in [0.05, 0.1) is 6.20 Å². The Morgan fingerprint density at radius 1 is 1.24 bits per heavy atom. The summed E-state index contributed by atoms with van der Waals surface area (Å²) in [6, 6.07) is 1.97. The lowest BCUT2D eigenvalue weighted by molar-refractivity contribution is 0.592. The van der Waals surface area contributed by atoms with E-state index in [9.17, 15) is 4.55 Å². The molecule has 6 nitrogen and oxygen atoms in total. The third kappa shape index (κ3) is 2.38. The summed E-state index contributed by atoms with van der Waals surface area (Å²) >= 11 is -1.18. The number of pyridine rings is 1. The molecule has 0 bridgehead atoms. The van der Waals surface area contributed by atoms with E-state index in [1.165, 1.54) is 0 Å². The lowest BCUT2D eigenvalue weighted by Crippen LogP contribution is -2.10. The number of aromatic nitrogens is 5. The van der Waals surface area contributed by atoms with Crippen molar-refractivity contribution in [3.63, 3.8) is 0 Å². The molecule has 3 aromatic rings. The summed E-state index contributed by atoms with van der Waals surface area (Å²) in [5, 5.41) is 0.468. The summed E-state index contributed by atoms with van der Waals surface area (Å²) in [6.07, 6.45) is 4.94. The molecule has 21 heavy (non-hydrogen) atoms. The Balaban J connectivity index is 2.24. The van der Waals surface area contributed by atoms with Gasteiger partial charge in [-0.3, -0.25) is 0 Å². The van der Waals surface area contributed by atoms with Crippen LogP contribution in [0.5, 0.6) is 0 Å². The van der Waals surface area contributed by atoms with E-state index in [1.807, 2.05) is 31.5 Å². The van der Waals surface area contributed by atoms with Crippen LogP contribution in [0.3, 0.4) is 0 Å². The van der Waals surface area contributed by atoms with Crippen LogP contribution in [0.25, 0.3) is 22.7 Å². The van der Waals surface area contributed by atoms with Gasteiger partial charge in [0.1, 0.15) is 11.3 Å². The SMILES string of the molecule is CC[S+]([O-])c1nccnc1-c1nc2cc(C)cnc2n1C. The van der Waals surface area contributed by atoms with Crippen molar-refractivity contribution < 1.29 is 4.55 Å². The van der Waals surface area contributed by atoms with Crippen LogP contribution in [-0.4, -0.2) is 34.8 Å². The van der Waals surface area contributed by atoms with Crippen molar-refractivity contribution in [3.8, 4) is 11.5 Å². The van der Waals surface area contributed by atoms with Crippen LogP contribution >= 0.6 is 0 Å². The lowest BCUT2D eigenvalue weighted by Gasteiger charge is -2.09. The Labute approximate surface area is 125 Å². The van der Waals surface area contributed by atoms with E-state index >= 15 is 0 Å². The molecule has 0 amide bonds. The van der Waals surface area contributed by atoms with Crippen LogP contribution in [0.15, 0.2) is 29.7 Å². The zero-order valence-corrected chi connectivity index (χ0v) is 12.9. The third-order valence-corrected chi connectivity index (χ3v) is 4.45. The van der Waals surface area contributed by atoms with Crippen molar-refractivity contribution in [2.24, 2.45) is 7.05 Å². The van der Waals surface area contributed by atoms with Gasteiger partial charge in [0.2, 0.25) is 0 Å². The summed E-state index contributed by atoms with van der Waals surface area (Å²) in [7, 11) is 1.88. The van der Waals surface area contributed by atoms with Crippen molar-refractivity contribution in [3.05, 3.63) is 30.2 Å². The summed E-state index contributed by atoms with van der Waals surface area (Å²) < 4.78 is 14.0. The highest BCUT2D eigenvalue weighted by Gasteiger charge is 2.23. The monoisotopic (exact) mass is 301 g/mol. The molecule has 3 rings (SSSR count). The number of fused-ring (bicyclic) bond motifs is 1. The molecule has 3 heterocycles. The average molecular weight is 301 g/mol. The smallest absolute Gasteiger partial charge is 0.274 e. The van der Waals surface area contributed by atoms with Gasteiger partial charge in [-0.05, 0) is 25.5 Å². The van der Waals surface area contributed by atoms with Crippen LogP contribution in [0, 0.1) is 6.92 Å². The van der Waals surface area contributed by atoms with E-state index in [1.54, 1.807) is 18.6 Å². The fraction of sp³-hybridized carbons (Fsp3) is 0.286. The molecule has 0 radical (unpaired) electrons. The molecule has 0 saturated heterocycles. The summed E-state index contributed by atoms with van der Waals surface area (Å²) in [4.78, 5) is 17.5. The molecular weight excluding hydrogens is 286 g/mol.